The van der Waals surface area contributed by atoms with Gasteiger partial charge in [0, 0.05) is 124 Å². The Hall–Kier alpha value is -5.54. The predicted molar refractivity (Wildman–Crippen MR) is 238 cm³/mol. The highest BCUT2D eigenvalue weighted by Gasteiger charge is 2.57. The molecule has 2 saturated heterocycles. The standard InChI is InChI=1S/2C24H30N4O3/c2*1-3-6-17-8-9-19-22-21(23(30)26-10-4-2)18(15-29)20(14-28(19)24(17)31)27(22)13-16-7-5-11-25-12-16/h2*3,5-9,11-12,18,20-22,29H,4,10,13-15H2,1-2H3,(H,26,30)/b6-3+;6-3-/t2*18-,20-,21+,22+/m11/s1. The second-order valence-electron chi connectivity index (χ2n) is 16.7. The molecular formula is C48H60N8O6. The first-order valence-electron chi connectivity index (χ1n) is 22.0. The minimum Gasteiger partial charge on any atom is -0.396 e. The summed E-state index contributed by atoms with van der Waals surface area (Å²) in [6.45, 7) is 11.0. The predicted octanol–water partition coefficient (Wildman–Crippen LogP) is 3.93. The maximum atomic E-state index is 13.2. The fourth-order valence-corrected chi connectivity index (χ4v) is 10.3. The molecule has 0 saturated carbocycles. The second-order valence-corrected chi connectivity index (χ2v) is 16.7. The zero-order valence-electron chi connectivity index (χ0n) is 36.1. The van der Waals surface area contributed by atoms with Crippen molar-refractivity contribution in [2.24, 2.45) is 23.7 Å². The number of nitrogens with one attached hydrogen (secondary N) is 2. The van der Waals surface area contributed by atoms with Crippen LogP contribution in [-0.2, 0) is 35.8 Å². The Morgan fingerprint density at radius 1 is 0.677 bits per heavy atom. The average Bonchev–Trinajstić information content (AvgIpc) is 3.62. The molecule has 4 aromatic heterocycles. The van der Waals surface area contributed by atoms with Crippen molar-refractivity contribution >= 4 is 24.0 Å². The van der Waals surface area contributed by atoms with Gasteiger partial charge in [0.1, 0.15) is 0 Å². The minimum atomic E-state index is -0.418. The number of rotatable bonds is 14. The highest BCUT2D eigenvalue weighted by atomic mass is 16.3. The Labute approximate surface area is 363 Å². The molecule has 2 amide bonds. The van der Waals surface area contributed by atoms with Crippen LogP contribution in [-0.4, -0.2) is 89.3 Å². The van der Waals surface area contributed by atoms with Crippen LogP contribution in [0.25, 0.3) is 12.2 Å². The van der Waals surface area contributed by atoms with E-state index in [1.165, 1.54) is 0 Å². The van der Waals surface area contributed by atoms with Gasteiger partial charge in [-0.15, -0.1) is 0 Å². The molecule has 14 nitrogen and oxygen atoms in total. The number of aromatic nitrogens is 4. The van der Waals surface area contributed by atoms with Gasteiger partial charge in [0.2, 0.25) is 11.8 Å². The van der Waals surface area contributed by atoms with Crippen LogP contribution in [0.15, 0.2) is 95.1 Å². The summed E-state index contributed by atoms with van der Waals surface area (Å²) in [6, 6.07) is 14.7. The van der Waals surface area contributed by atoms with Gasteiger partial charge in [-0.1, -0.05) is 50.3 Å². The quantitative estimate of drug-likeness (QED) is 0.146. The van der Waals surface area contributed by atoms with E-state index < -0.39 is 11.8 Å². The van der Waals surface area contributed by atoms with Crippen molar-refractivity contribution in [3.63, 3.8) is 0 Å². The molecule has 2 fully saturated rings. The van der Waals surface area contributed by atoms with Gasteiger partial charge in [-0.3, -0.25) is 38.9 Å². The summed E-state index contributed by atoms with van der Waals surface area (Å²) in [4.78, 5) is 65.7. The van der Waals surface area contributed by atoms with Crippen molar-refractivity contribution in [2.75, 3.05) is 26.3 Å². The molecule has 0 radical (unpaired) electrons. The van der Waals surface area contributed by atoms with Gasteiger partial charge in [0.15, 0.2) is 0 Å². The van der Waals surface area contributed by atoms with E-state index in [1.54, 1.807) is 21.5 Å². The van der Waals surface area contributed by atoms with Crippen LogP contribution >= 0.6 is 0 Å². The number of amides is 2. The lowest BCUT2D eigenvalue weighted by atomic mass is 9.86. The van der Waals surface area contributed by atoms with Gasteiger partial charge >= 0.3 is 0 Å². The number of aliphatic hydroxyl groups excluding tert-OH is 2. The lowest BCUT2D eigenvalue weighted by molar-refractivity contribution is -0.128. The first kappa shape index (κ1) is 44.5. The summed E-state index contributed by atoms with van der Waals surface area (Å²) >= 11 is 0. The smallest absolute Gasteiger partial charge is 0.258 e. The summed E-state index contributed by atoms with van der Waals surface area (Å²) < 4.78 is 3.61. The van der Waals surface area contributed by atoms with E-state index in [1.807, 2.05) is 113 Å². The average molecular weight is 845 g/mol. The first-order chi connectivity index (χ1) is 30.2. The van der Waals surface area contributed by atoms with Crippen molar-refractivity contribution in [2.45, 2.75) is 90.9 Å². The van der Waals surface area contributed by atoms with Crippen LogP contribution in [0.2, 0.25) is 0 Å². The lowest BCUT2D eigenvalue weighted by Crippen LogP contribution is -2.46. The summed E-state index contributed by atoms with van der Waals surface area (Å²) in [5.74, 6) is -1.44. The molecule has 328 valence electrons. The van der Waals surface area contributed by atoms with Crippen LogP contribution in [0.5, 0.6) is 0 Å². The van der Waals surface area contributed by atoms with E-state index >= 15 is 0 Å². The highest BCUT2D eigenvalue weighted by molar-refractivity contribution is 5.81. The molecule has 14 heteroatoms. The van der Waals surface area contributed by atoms with Crippen LogP contribution in [0.4, 0.5) is 0 Å². The molecule has 8 rings (SSSR count). The van der Waals surface area contributed by atoms with Crippen LogP contribution in [0.3, 0.4) is 0 Å². The zero-order valence-corrected chi connectivity index (χ0v) is 36.1. The van der Waals surface area contributed by atoms with E-state index in [0.29, 0.717) is 50.4 Å². The molecule has 4 aliphatic rings. The number of fused-ring (bicyclic) bond motifs is 8. The van der Waals surface area contributed by atoms with E-state index in [2.05, 4.69) is 30.4 Å². The van der Waals surface area contributed by atoms with E-state index in [9.17, 15) is 29.4 Å². The first-order valence-corrected chi connectivity index (χ1v) is 22.0. The van der Waals surface area contributed by atoms with E-state index in [0.717, 1.165) is 35.4 Å². The third kappa shape index (κ3) is 8.61. The van der Waals surface area contributed by atoms with Gasteiger partial charge in [-0.05, 0) is 74.2 Å². The maximum Gasteiger partial charge on any atom is 0.258 e. The molecular weight excluding hydrogens is 785 g/mol. The van der Waals surface area contributed by atoms with E-state index in [4.69, 9.17) is 0 Å². The zero-order chi connectivity index (χ0) is 43.9. The van der Waals surface area contributed by atoms with Crippen LogP contribution < -0.4 is 21.8 Å². The van der Waals surface area contributed by atoms with Crippen LogP contribution in [0.1, 0.15) is 86.3 Å². The Morgan fingerprint density at radius 2 is 1.10 bits per heavy atom. The molecule has 8 atom stereocenters. The number of aliphatic hydroxyl groups is 2. The van der Waals surface area contributed by atoms with Gasteiger partial charge in [0.25, 0.3) is 11.1 Å². The van der Waals surface area contributed by atoms with Gasteiger partial charge in [-0.25, -0.2) is 0 Å². The largest absolute Gasteiger partial charge is 0.396 e. The molecule has 4 aromatic rings. The van der Waals surface area contributed by atoms with Gasteiger partial charge in [-0.2, -0.15) is 0 Å². The fraction of sp³-hybridized carbons (Fsp3) is 0.458. The summed E-state index contributed by atoms with van der Waals surface area (Å²) in [5, 5.41) is 26.7. The highest BCUT2D eigenvalue weighted by Crippen LogP contribution is 2.50. The van der Waals surface area contributed by atoms with Crippen LogP contribution in [0, 0.1) is 23.7 Å². The van der Waals surface area contributed by atoms with Crippen molar-refractivity contribution < 1.29 is 19.8 Å². The number of hydrogen-bond donors (Lipinski definition) is 4. The lowest BCUT2D eigenvalue weighted by Gasteiger charge is -2.38. The number of hydrogen-bond acceptors (Lipinski definition) is 10. The topological polar surface area (TPSA) is 175 Å². The van der Waals surface area contributed by atoms with Crippen molar-refractivity contribution in [3.8, 4) is 0 Å². The summed E-state index contributed by atoms with van der Waals surface area (Å²) in [6.07, 6.45) is 16.2. The maximum absolute atomic E-state index is 13.2. The van der Waals surface area contributed by atoms with Crippen molar-refractivity contribution in [3.05, 3.63) is 140 Å². The molecule has 8 heterocycles. The SMILES string of the molecule is C/C=C/c1ccc2n(c1=O)C[C@@H]1[C@@H](CO)[C@H](C(=O)NCCC)[C@H]2N1Cc1cccnc1.C/C=C\c1ccc2n(c1=O)C[C@@H]1[C@@H](CO)[C@H](C(=O)NCCC)[C@H]2N1Cc1cccnc1. The molecule has 4 aliphatic heterocycles. The minimum absolute atomic E-state index is 0.0436. The third-order valence-corrected chi connectivity index (χ3v) is 13.0. The molecule has 62 heavy (non-hydrogen) atoms. The molecule has 0 spiro atoms. The molecule has 0 aliphatic carbocycles. The number of pyridine rings is 4. The fourth-order valence-electron chi connectivity index (χ4n) is 10.3. The third-order valence-electron chi connectivity index (χ3n) is 13.0. The second kappa shape index (κ2) is 20.1. The molecule has 4 N–H and O–H groups in total. The van der Waals surface area contributed by atoms with E-state index in [-0.39, 0.29) is 72.1 Å². The number of carbonyl (C=O) groups excluding carboxylic acids is 2. The Morgan fingerprint density at radius 3 is 1.44 bits per heavy atom. The number of nitrogens with zero attached hydrogens (tertiary/aromatic N) is 6. The van der Waals surface area contributed by atoms with Crippen molar-refractivity contribution in [1.29, 1.82) is 0 Å². The normalized spacial score (nSPS) is 25.0. The molecule has 0 unspecified atom stereocenters. The summed E-state index contributed by atoms with van der Waals surface area (Å²) in [5.41, 5.74) is 4.96. The Balaban J connectivity index is 0.000000186. The Kier molecular flexibility index (Phi) is 14.4. The van der Waals surface area contributed by atoms with Gasteiger partial charge in [0.05, 0.1) is 23.9 Å². The van der Waals surface area contributed by atoms with Gasteiger partial charge < -0.3 is 30.0 Å². The Bertz CT molecular complexity index is 2200. The molecule has 0 aromatic carbocycles. The monoisotopic (exact) mass is 844 g/mol. The molecule has 4 bridgehead atoms. The van der Waals surface area contributed by atoms with Crippen molar-refractivity contribution in [1.82, 2.24) is 39.5 Å². The number of carbonyl (C=O) groups is 2. The summed E-state index contributed by atoms with van der Waals surface area (Å²) in [7, 11) is 0. The number of allylic oxidation sites excluding steroid dienone is 2.